The molecule has 2 heterocycles. The molecule has 3 fully saturated rings. The molecule has 0 radical (unpaired) electrons. The van der Waals surface area contributed by atoms with Crippen LogP contribution in [0.3, 0.4) is 0 Å². The Morgan fingerprint density at radius 3 is 2.40 bits per heavy atom. The van der Waals surface area contributed by atoms with Crippen molar-refractivity contribution in [3.8, 4) is 0 Å². The van der Waals surface area contributed by atoms with E-state index in [0.717, 1.165) is 38.8 Å². The average Bonchev–Trinajstić information content (AvgIpc) is 3.40. The Labute approximate surface area is 180 Å². The molecule has 0 bridgehead atoms. The summed E-state index contributed by atoms with van der Waals surface area (Å²) in [7, 11) is 0. The third-order valence-corrected chi connectivity index (χ3v) is 6.10. The second kappa shape index (κ2) is 9.12. The second-order valence-corrected chi connectivity index (χ2v) is 10.8. The minimum absolute atomic E-state index is 0.00718. The first kappa shape index (κ1) is 22.8. The molecule has 3 aliphatic rings. The Bertz CT molecular complexity index is 656. The lowest BCUT2D eigenvalue weighted by molar-refractivity contribution is -0.136. The Morgan fingerprint density at radius 1 is 1.10 bits per heavy atom. The summed E-state index contributed by atoms with van der Waals surface area (Å²) >= 11 is 0. The van der Waals surface area contributed by atoms with Crippen molar-refractivity contribution in [1.29, 1.82) is 0 Å². The first-order chi connectivity index (χ1) is 14.0. The molecule has 170 valence electrons. The summed E-state index contributed by atoms with van der Waals surface area (Å²) in [5.74, 6) is 0.0705. The number of fused-ring (bicyclic) bond motifs is 1. The van der Waals surface area contributed by atoms with Gasteiger partial charge in [-0.25, -0.2) is 4.79 Å². The molecule has 1 saturated carbocycles. The van der Waals surface area contributed by atoms with Crippen LogP contribution in [0.1, 0.15) is 60.3 Å². The van der Waals surface area contributed by atoms with Crippen LogP contribution in [0.15, 0.2) is 0 Å². The number of hydrogen-bond donors (Lipinski definition) is 3. The van der Waals surface area contributed by atoms with Gasteiger partial charge in [0.2, 0.25) is 11.8 Å². The molecule has 0 aromatic carbocycles. The van der Waals surface area contributed by atoms with Gasteiger partial charge in [0.1, 0.15) is 6.04 Å². The molecule has 0 unspecified atom stereocenters. The predicted octanol–water partition coefficient (Wildman–Crippen LogP) is 1.31. The minimum atomic E-state index is -0.508. The number of nitrogens with zero attached hydrogens (tertiary/aromatic N) is 2. The third-order valence-electron chi connectivity index (χ3n) is 6.10. The van der Waals surface area contributed by atoms with Gasteiger partial charge in [-0.3, -0.25) is 14.5 Å². The van der Waals surface area contributed by atoms with Gasteiger partial charge >= 0.3 is 6.03 Å². The lowest BCUT2D eigenvalue weighted by atomic mass is 9.92. The first-order valence-electron chi connectivity index (χ1n) is 11.4. The highest BCUT2D eigenvalue weighted by atomic mass is 16.2. The fourth-order valence-electron chi connectivity index (χ4n) is 4.28. The standard InChI is InChI=1S/C22H39N5O3/c1-14(2)23-21(30)24-16-10-17-12-26(9-8-22(3,4)5)13-18(20(29)27(17)11-16)25-19(28)15-6-7-15/h14-18H,6-13H2,1-5H3,(H,25,28)(H2,23,24,30)/t16-,17-,18-/m0/s1. The van der Waals surface area contributed by atoms with Gasteiger partial charge in [-0.15, -0.1) is 0 Å². The maximum atomic E-state index is 13.3. The predicted molar refractivity (Wildman–Crippen MR) is 116 cm³/mol. The molecular weight excluding hydrogens is 382 g/mol. The van der Waals surface area contributed by atoms with E-state index in [2.05, 4.69) is 41.6 Å². The third kappa shape index (κ3) is 6.33. The number of nitrogens with one attached hydrogen (secondary N) is 3. The fourth-order valence-corrected chi connectivity index (χ4v) is 4.28. The van der Waals surface area contributed by atoms with Crippen LogP contribution in [0.2, 0.25) is 0 Å². The highest BCUT2D eigenvalue weighted by molar-refractivity contribution is 5.90. The van der Waals surface area contributed by atoms with Gasteiger partial charge < -0.3 is 20.9 Å². The lowest BCUT2D eigenvalue weighted by Crippen LogP contribution is -2.52. The molecule has 0 aromatic heterocycles. The Morgan fingerprint density at radius 2 is 1.80 bits per heavy atom. The van der Waals surface area contributed by atoms with E-state index in [-0.39, 0.29) is 47.3 Å². The van der Waals surface area contributed by atoms with Crippen LogP contribution in [-0.4, -0.2) is 78.0 Å². The first-order valence-corrected chi connectivity index (χ1v) is 11.4. The maximum Gasteiger partial charge on any atom is 0.315 e. The molecule has 3 N–H and O–H groups in total. The smallest absolute Gasteiger partial charge is 0.315 e. The summed E-state index contributed by atoms with van der Waals surface area (Å²) in [5, 5.41) is 8.89. The van der Waals surface area contributed by atoms with Gasteiger partial charge in [0, 0.05) is 37.6 Å². The summed E-state index contributed by atoms with van der Waals surface area (Å²) < 4.78 is 0. The van der Waals surface area contributed by atoms with Crippen molar-refractivity contribution < 1.29 is 14.4 Å². The van der Waals surface area contributed by atoms with E-state index in [0.29, 0.717) is 13.1 Å². The molecule has 8 nitrogen and oxygen atoms in total. The molecule has 3 rings (SSSR count). The number of urea groups is 1. The number of carbonyl (C=O) groups excluding carboxylic acids is 3. The Hall–Kier alpha value is -1.83. The van der Waals surface area contributed by atoms with Crippen molar-refractivity contribution in [2.75, 3.05) is 26.2 Å². The molecule has 2 aliphatic heterocycles. The SMILES string of the molecule is CC(C)NC(=O)N[C@H]1C[C@H]2CN(CCC(C)(C)C)C[C@H](NC(=O)C3CC3)C(=O)N2C1. The van der Waals surface area contributed by atoms with Crippen molar-refractivity contribution in [1.82, 2.24) is 25.8 Å². The van der Waals surface area contributed by atoms with Crippen molar-refractivity contribution in [2.45, 2.75) is 84.5 Å². The summed E-state index contributed by atoms with van der Waals surface area (Å²) in [5.41, 5.74) is 0.206. The van der Waals surface area contributed by atoms with Gasteiger partial charge in [0.25, 0.3) is 0 Å². The van der Waals surface area contributed by atoms with Gasteiger partial charge in [0.15, 0.2) is 0 Å². The van der Waals surface area contributed by atoms with Crippen LogP contribution in [0, 0.1) is 11.3 Å². The van der Waals surface area contributed by atoms with E-state index in [1.54, 1.807) is 0 Å². The van der Waals surface area contributed by atoms with E-state index in [4.69, 9.17) is 0 Å². The van der Waals surface area contributed by atoms with Crippen LogP contribution in [0.5, 0.6) is 0 Å². The lowest BCUT2D eigenvalue weighted by Gasteiger charge is -2.28. The van der Waals surface area contributed by atoms with Crippen LogP contribution >= 0.6 is 0 Å². The Kier molecular flexibility index (Phi) is 6.95. The highest BCUT2D eigenvalue weighted by Gasteiger charge is 2.44. The molecule has 4 amide bonds. The Balaban J connectivity index is 1.68. The molecule has 30 heavy (non-hydrogen) atoms. The van der Waals surface area contributed by atoms with Crippen molar-refractivity contribution in [2.24, 2.45) is 11.3 Å². The topological polar surface area (TPSA) is 93.8 Å². The highest BCUT2D eigenvalue weighted by Crippen LogP contribution is 2.30. The normalized spacial score (nSPS) is 27.6. The van der Waals surface area contributed by atoms with E-state index in [1.807, 2.05) is 18.7 Å². The molecule has 0 spiro atoms. The minimum Gasteiger partial charge on any atom is -0.343 e. The van der Waals surface area contributed by atoms with Crippen LogP contribution < -0.4 is 16.0 Å². The summed E-state index contributed by atoms with van der Waals surface area (Å²) in [6.45, 7) is 13.2. The van der Waals surface area contributed by atoms with Gasteiger partial charge in [0.05, 0.1) is 6.04 Å². The van der Waals surface area contributed by atoms with E-state index >= 15 is 0 Å². The summed E-state index contributed by atoms with van der Waals surface area (Å²) in [4.78, 5) is 42.1. The van der Waals surface area contributed by atoms with Crippen LogP contribution in [0.4, 0.5) is 4.79 Å². The fraction of sp³-hybridized carbons (Fsp3) is 0.864. The van der Waals surface area contributed by atoms with Crippen molar-refractivity contribution in [3.05, 3.63) is 0 Å². The van der Waals surface area contributed by atoms with Crippen LogP contribution in [-0.2, 0) is 9.59 Å². The van der Waals surface area contributed by atoms with Crippen LogP contribution in [0.25, 0.3) is 0 Å². The van der Waals surface area contributed by atoms with Gasteiger partial charge in [-0.2, -0.15) is 0 Å². The van der Waals surface area contributed by atoms with Crippen molar-refractivity contribution in [3.63, 3.8) is 0 Å². The number of carbonyl (C=O) groups is 3. The maximum absolute atomic E-state index is 13.3. The largest absolute Gasteiger partial charge is 0.343 e. The quantitative estimate of drug-likeness (QED) is 0.603. The number of rotatable bonds is 6. The van der Waals surface area contributed by atoms with Crippen molar-refractivity contribution >= 4 is 17.8 Å². The number of hydrogen-bond acceptors (Lipinski definition) is 4. The molecule has 0 aromatic rings. The van der Waals surface area contributed by atoms with E-state index in [1.165, 1.54) is 0 Å². The molecule has 1 aliphatic carbocycles. The molecule has 3 atom stereocenters. The zero-order valence-corrected chi connectivity index (χ0v) is 19.2. The molecule has 2 saturated heterocycles. The zero-order chi connectivity index (χ0) is 22.1. The zero-order valence-electron chi connectivity index (χ0n) is 19.2. The van der Waals surface area contributed by atoms with Gasteiger partial charge in [-0.05, 0) is 51.5 Å². The van der Waals surface area contributed by atoms with E-state index < -0.39 is 6.04 Å². The summed E-state index contributed by atoms with van der Waals surface area (Å²) in [6.07, 6.45) is 3.61. The number of amides is 4. The van der Waals surface area contributed by atoms with Gasteiger partial charge in [-0.1, -0.05) is 20.8 Å². The monoisotopic (exact) mass is 421 g/mol. The summed E-state index contributed by atoms with van der Waals surface area (Å²) in [6, 6.07) is -0.645. The molecule has 8 heteroatoms. The van der Waals surface area contributed by atoms with E-state index in [9.17, 15) is 14.4 Å². The molecular formula is C22H39N5O3. The second-order valence-electron chi connectivity index (χ2n) is 10.8. The average molecular weight is 422 g/mol.